The number of nitrogens with one attached hydrogen (secondary N) is 1. The Hall–Kier alpha value is -0.970. The second-order valence-corrected chi connectivity index (χ2v) is 5.11. The molecule has 16 heavy (non-hydrogen) atoms. The van der Waals surface area contributed by atoms with Gasteiger partial charge in [0.2, 0.25) is 5.01 Å². The van der Waals surface area contributed by atoms with Crippen LogP contribution >= 0.6 is 11.5 Å². The third-order valence-corrected chi connectivity index (χ3v) is 3.80. The monoisotopic (exact) mass is 239 g/mol. The molecular weight excluding hydrogens is 222 g/mol. The SMILES string of the molecule is Cc1nsc(C(=O)NCC2CCCCC2)n1. The highest BCUT2D eigenvalue weighted by Gasteiger charge is 2.16. The number of aromatic nitrogens is 2. The summed E-state index contributed by atoms with van der Waals surface area (Å²) in [4.78, 5) is 15.8. The number of rotatable bonds is 3. The van der Waals surface area contributed by atoms with E-state index in [0.29, 0.717) is 16.7 Å². The molecule has 1 aromatic heterocycles. The molecule has 0 atom stereocenters. The van der Waals surface area contributed by atoms with Crippen LogP contribution in [0.4, 0.5) is 0 Å². The van der Waals surface area contributed by atoms with Crippen molar-refractivity contribution in [3.8, 4) is 0 Å². The molecule has 0 aromatic carbocycles. The lowest BCUT2D eigenvalue weighted by atomic mass is 9.89. The summed E-state index contributed by atoms with van der Waals surface area (Å²) >= 11 is 1.17. The van der Waals surface area contributed by atoms with E-state index in [9.17, 15) is 4.79 Å². The van der Waals surface area contributed by atoms with Crippen LogP contribution in [0.25, 0.3) is 0 Å². The number of hydrogen-bond acceptors (Lipinski definition) is 4. The Morgan fingerprint density at radius 3 is 2.81 bits per heavy atom. The minimum Gasteiger partial charge on any atom is -0.350 e. The molecule has 2 rings (SSSR count). The smallest absolute Gasteiger partial charge is 0.281 e. The maximum atomic E-state index is 11.7. The highest BCUT2D eigenvalue weighted by atomic mass is 32.1. The van der Waals surface area contributed by atoms with E-state index in [1.54, 1.807) is 6.92 Å². The average Bonchev–Trinajstić information content (AvgIpc) is 2.74. The molecule has 0 unspecified atom stereocenters. The summed E-state index contributed by atoms with van der Waals surface area (Å²) in [6, 6.07) is 0. The van der Waals surface area contributed by atoms with Gasteiger partial charge >= 0.3 is 0 Å². The van der Waals surface area contributed by atoms with E-state index in [2.05, 4.69) is 14.7 Å². The largest absolute Gasteiger partial charge is 0.350 e. The van der Waals surface area contributed by atoms with Crippen molar-refractivity contribution in [1.29, 1.82) is 0 Å². The van der Waals surface area contributed by atoms with Gasteiger partial charge in [0.1, 0.15) is 5.82 Å². The molecule has 1 aromatic rings. The van der Waals surface area contributed by atoms with E-state index in [1.807, 2.05) is 0 Å². The number of hydrogen-bond donors (Lipinski definition) is 1. The van der Waals surface area contributed by atoms with Crippen molar-refractivity contribution in [3.63, 3.8) is 0 Å². The molecule has 1 heterocycles. The summed E-state index contributed by atoms with van der Waals surface area (Å²) in [7, 11) is 0. The quantitative estimate of drug-likeness (QED) is 0.879. The Kier molecular flexibility index (Phi) is 3.88. The van der Waals surface area contributed by atoms with Gasteiger partial charge in [0.15, 0.2) is 0 Å². The van der Waals surface area contributed by atoms with Gasteiger partial charge in [-0.25, -0.2) is 4.98 Å². The van der Waals surface area contributed by atoms with Gasteiger partial charge < -0.3 is 5.32 Å². The Morgan fingerprint density at radius 1 is 1.44 bits per heavy atom. The average molecular weight is 239 g/mol. The number of amides is 1. The fourth-order valence-electron chi connectivity index (χ4n) is 2.09. The van der Waals surface area contributed by atoms with Crippen LogP contribution in [0.3, 0.4) is 0 Å². The van der Waals surface area contributed by atoms with Crippen LogP contribution in [0.15, 0.2) is 0 Å². The first-order chi connectivity index (χ1) is 7.75. The molecule has 0 aliphatic heterocycles. The van der Waals surface area contributed by atoms with Crippen molar-refractivity contribution in [2.75, 3.05) is 6.54 Å². The molecule has 0 radical (unpaired) electrons. The van der Waals surface area contributed by atoms with Gasteiger partial charge in [-0.3, -0.25) is 4.79 Å². The maximum absolute atomic E-state index is 11.7. The molecule has 5 heteroatoms. The molecule has 1 aliphatic carbocycles. The first kappa shape index (κ1) is 11.5. The molecule has 0 saturated heterocycles. The molecule has 1 aliphatic rings. The molecule has 0 spiro atoms. The van der Waals surface area contributed by atoms with Gasteiger partial charge in [-0.05, 0) is 37.2 Å². The highest BCUT2D eigenvalue weighted by molar-refractivity contribution is 7.07. The summed E-state index contributed by atoms with van der Waals surface area (Å²) < 4.78 is 4.00. The van der Waals surface area contributed by atoms with Crippen LogP contribution in [0.5, 0.6) is 0 Å². The zero-order chi connectivity index (χ0) is 11.4. The number of nitrogens with zero attached hydrogens (tertiary/aromatic N) is 2. The molecule has 88 valence electrons. The second-order valence-electron chi connectivity index (χ2n) is 4.36. The zero-order valence-electron chi connectivity index (χ0n) is 9.53. The van der Waals surface area contributed by atoms with Crippen molar-refractivity contribution in [1.82, 2.24) is 14.7 Å². The van der Waals surface area contributed by atoms with Crippen LogP contribution in [0, 0.1) is 12.8 Å². The van der Waals surface area contributed by atoms with Crippen LogP contribution < -0.4 is 5.32 Å². The number of aryl methyl sites for hydroxylation is 1. The van der Waals surface area contributed by atoms with E-state index >= 15 is 0 Å². The molecule has 1 amide bonds. The predicted molar refractivity (Wildman–Crippen MR) is 63.6 cm³/mol. The van der Waals surface area contributed by atoms with E-state index in [1.165, 1.54) is 43.6 Å². The standard InChI is InChI=1S/C11H17N3OS/c1-8-13-11(16-14-8)10(15)12-7-9-5-3-2-4-6-9/h9H,2-7H2,1H3,(H,12,15). The van der Waals surface area contributed by atoms with Crippen molar-refractivity contribution >= 4 is 17.4 Å². The topological polar surface area (TPSA) is 54.9 Å². The predicted octanol–water partition coefficient (Wildman–Crippen LogP) is 2.16. The minimum absolute atomic E-state index is 0.0730. The van der Waals surface area contributed by atoms with Crippen molar-refractivity contribution in [3.05, 3.63) is 10.8 Å². The van der Waals surface area contributed by atoms with Crippen molar-refractivity contribution in [2.45, 2.75) is 39.0 Å². The minimum atomic E-state index is -0.0730. The summed E-state index contributed by atoms with van der Waals surface area (Å²) in [6.07, 6.45) is 6.45. The number of carbonyl (C=O) groups is 1. The van der Waals surface area contributed by atoms with Gasteiger partial charge in [-0.2, -0.15) is 4.37 Å². The first-order valence-electron chi connectivity index (χ1n) is 5.84. The Balaban J connectivity index is 1.79. The molecule has 0 bridgehead atoms. The van der Waals surface area contributed by atoms with Gasteiger partial charge in [0.05, 0.1) is 0 Å². The lowest BCUT2D eigenvalue weighted by molar-refractivity contribution is 0.0943. The molecular formula is C11H17N3OS. The van der Waals surface area contributed by atoms with Crippen LogP contribution in [0.1, 0.15) is 47.7 Å². The van der Waals surface area contributed by atoms with E-state index in [4.69, 9.17) is 0 Å². The van der Waals surface area contributed by atoms with E-state index < -0.39 is 0 Å². The van der Waals surface area contributed by atoms with Gasteiger partial charge in [-0.1, -0.05) is 19.3 Å². The molecule has 4 nitrogen and oxygen atoms in total. The molecule has 1 saturated carbocycles. The van der Waals surface area contributed by atoms with E-state index in [0.717, 1.165) is 6.54 Å². The Bertz CT molecular complexity index is 358. The van der Waals surface area contributed by atoms with Crippen molar-refractivity contribution < 1.29 is 4.79 Å². The van der Waals surface area contributed by atoms with Gasteiger partial charge in [0.25, 0.3) is 5.91 Å². The molecule has 1 fully saturated rings. The highest BCUT2D eigenvalue weighted by Crippen LogP contribution is 2.22. The summed E-state index contributed by atoms with van der Waals surface area (Å²) in [6.45, 7) is 2.59. The summed E-state index contributed by atoms with van der Waals surface area (Å²) in [5.41, 5.74) is 0. The van der Waals surface area contributed by atoms with Crippen LogP contribution in [0.2, 0.25) is 0 Å². The van der Waals surface area contributed by atoms with Gasteiger partial charge in [0, 0.05) is 6.54 Å². The van der Waals surface area contributed by atoms with Crippen molar-refractivity contribution in [2.24, 2.45) is 5.92 Å². The Morgan fingerprint density at radius 2 is 2.19 bits per heavy atom. The third-order valence-electron chi connectivity index (χ3n) is 3.00. The number of carbonyl (C=O) groups excluding carboxylic acids is 1. The lowest BCUT2D eigenvalue weighted by Crippen LogP contribution is -2.30. The fraction of sp³-hybridized carbons (Fsp3) is 0.727. The second kappa shape index (κ2) is 5.39. The third kappa shape index (κ3) is 3.01. The fourth-order valence-corrected chi connectivity index (χ4v) is 2.68. The zero-order valence-corrected chi connectivity index (χ0v) is 10.3. The van der Waals surface area contributed by atoms with E-state index in [-0.39, 0.29) is 5.91 Å². The summed E-state index contributed by atoms with van der Waals surface area (Å²) in [5, 5.41) is 3.43. The van der Waals surface area contributed by atoms with Crippen LogP contribution in [-0.2, 0) is 0 Å². The lowest BCUT2D eigenvalue weighted by Gasteiger charge is -2.21. The first-order valence-corrected chi connectivity index (χ1v) is 6.61. The van der Waals surface area contributed by atoms with Gasteiger partial charge in [-0.15, -0.1) is 0 Å². The molecule has 1 N–H and O–H groups in total. The van der Waals surface area contributed by atoms with Crippen LogP contribution in [-0.4, -0.2) is 21.8 Å². The Labute approximate surface area is 99.6 Å². The summed E-state index contributed by atoms with van der Waals surface area (Å²) in [5.74, 6) is 1.26. The maximum Gasteiger partial charge on any atom is 0.281 e. The normalized spacial score (nSPS) is 17.3.